The SMILES string of the molecule is CCn1nccc1-c1cncc(C[C@@H]2CCCN(S(=O)(=O)N(C)C)C2)n1. The van der Waals surface area contributed by atoms with E-state index in [-0.39, 0.29) is 5.92 Å². The fourth-order valence-corrected chi connectivity index (χ4v) is 4.58. The van der Waals surface area contributed by atoms with Crippen LogP contribution in [0.5, 0.6) is 0 Å². The van der Waals surface area contributed by atoms with Crippen LogP contribution in [0.1, 0.15) is 25.5 Å². The smallest absolute Gasteiger partial charge is 0.264 e. The average molecular weight is 379 g/mol. The molecular weight excluding hydrogens is 352 g/mol. The maximum absolute atomic E-state index is 12.4. The lowest BCUT2D eigenvalue weighted by atomic mass is 9.95. The molecule has 8 nitrogen and oxygen atoms in total. The Bertz CT molecular complexity index is 848. The molecule has 1 fully saturated rings. The van der Waals surface area contributed by atoms with Crippen LogP contribution in [0.4, 0.5) is 0 Å². The number of piperidine rings is 1. The zero-order valence-electron chi connectivity index (χ0n) is 15.5. The summed E-state index contributed by atoms with van der Waals surface area (Å²) in [5.41, 5.74) is 2.64. The van der Waals surface area contributed by atoms with Crippen molar-refractivity contribution in [3.63, 3.8) is 0 Å². The molecule has 0 saturated carbocycles. The van der Waals surface area contributed by atoms with E-state index in [2.05, 4.69) is 10.1 Å². The van der Waals surface area contributed by atoms with E-state index in [0.29, 0.717) is 13.1 Å². The lowest BCUT2D eigenvalue weighted by Gasteiger charge is -2.33. The van der Waals surface area contributed by atoms with Crippen LogP contribution in [0, 0.1) is 5.92 Å². The molecule has 1 aliphatic heterocycles. The minimum absolute atomic E-state index is 0.249. The highest BCUT2D eigenvalue weighted by molar-refractivity contribution is 7.86. The molecule has 0 unspecified atom stereocenters. The first-order valence-electron chi connectivity index (χ1n) is 8.92. The molecule has 26 heavy (non-hydrogen) atoms. The van der Waals surface area contributed by atoms with Gasteiger partial charge in [0.1, 0.15) is 5.69 Å². The summed E-state index contributed by atoms with van der Waals surface area (Å²) in [6, 6.07) is 1.93. The van der Waals surface area contributed by atoms with Gasteiger partial charge in [-0.25, -0.2) is 4.98 Å². The van der Waals surface area contributed by atoms with Crippen molar-refractivity contribution in [2.75, 3.05) is 27.2 Å². The first kappa shape index (κ1) is 18.9. The number of aryl methyl sites for hydroxylation is 1. The van der Waals surface area contributed by atoms with Gasteiger partial charge < -0.3 is 0 Å². The highest BCUT2D eigenvalue weighted by atomic mass is 32.2. The third-order valence-electron chi connectivity index (χ3n) is 4.73. The molecule has 1 saturated heterocycles. The Hall–Kier alpha value is -1.84. The molecule has 0 bridgehead atoms. The van der Waals surface area contributed by atoms with Crippen molar-refractivity contribution in [3.8, 4) is 11.4 Å². The van der Waals surface area contributed by atoms with E-state index in [0.717, 1.165) is 42.9 Å². The third-order valence-corrected chi connectivity index (χ3v) is 6.64. The molecule has 2 aromatic rings. The Morgan fingerprint density at radius 3 is 2.85 bits per heavy atom. The molecule has 0 aromatic carbocycles. The Kier molecular flexibility index (Phi) is 5.69. The molecule has 0 aliphatic carbocycles. The van der Waals surface area contributed by atoms with Crippen LogP contribution in [0.2, 0.25) is 0 Å². The lowest BCUT2D eigenvalue weighted by Crippen LogP contribution is -2.45. The van der Waals surface area contributed by atoms with Gasteiger partial charge in [0.25, 0.3) is 10.2 Å². The molecule has 0 spiro atoms. The molecular formula is C17H26N6O2S. The van der Waals surface area contributed by atoms with Gasteiger partial charge in [0, 0.05) is 46.1 Å². The van der Waals surface area contributed by atoms with Gasteiger partial charge >= 0.3 is 0 Å². The van der Waals surface area contributed by atoms with Crippen LogP contribution in [0.25, 0.3) is 11.4 Å². The number of hydrogen-bond acceptors (Lipinski definition) is 5. The standard InChI is InChI=1S/C17H26N6O2S/c1-4-23-17(7-8-19-23)16-12-18-11-15(20-16)10-14-6-5-9-22(13-14)26(24,25)21(2)3/h7-8,11-12,14H,4-6,9-10,13H2,1-3H3/t14-/m0/s1. The van der Waals surface area contributed by atoms with Crippen LogP contribution in [-0.4, -0.2) is 64.0 Å². The molecule has 0 amide bonds. The number of hydrogen-bond donors (Lipinski definition) is 0. The van der Waals surface area contributed by atoms with Crippen molar-refractivity contribution in [3.05, 3.63) is 30.4 Å². The van der Waals surface area contributed by atoms with E-state index in [1.807, 2.05) is 17.7 Å². The minimum atomic E-state index is -3.36. The summed E-state index contributed by atoms with van der Waals surface area (Å²) in [6.45, 7) is 3.92. The normalized spacial score (nSPS) is 19.2. The number of aromatic nitrogens is 4. The Labute approximate surface area is 155 Å². The van der Waals surface area contributed by atoms with Gasteiger partial charge in [-0.15, -0.1) is 0 Å². The minimum Gasteiger partial charge on any atom is -0.264 e. The van der Waals surface area contributed by atoms with Gasteiger partial charge in [0.15, 0.2) is 0 Å². The van der Waals surface area contributed by atoms with Crippen LogP contribution in [-0.2, 0) is 23.2 Å². The van der Waals surface area contributed by atoms with E-state index in [9.17, 15) is 8.42 Å². The van der Waals surface area contributed by atoms with Crippen molar-refractivity contribution in [2.24, 2.45) is 5.92 Å². The van der Waals surface area contributed by atoms with E-state index < -0.39 is 10.2 Å². The van der Waals surface area contributed by atoms with Gasteiger partial charge in [0.05, 0.1) is 17.6 Å². The average Bonchev–Trinajstić information content (AvgIpc) is 3.11. The molecule has 0 radical (unpaired) electrons. The Morgan fingerprint density at radius 2 is 2.12 bits per heavy atom. The third kappa shape index (κ3) is 3.94. The molecule has 2 aromatic heterocycles. The van der Waals surface area contributed by atoms with E-state index in [1.165, 1.54) is 4.31 Å². The quantitative estimate of drug-likeness (QED) is 0.759. The Morgan fingerprint density at radius 1 is 1.31 bits per heavy atom. The zero-order chi connectivity index (χ0) is 18.7. The molecule has 3 rings (SSSR count). The fourth-order valence-electron chi connectivity index (χ4n) is 3.36. The predicted octanol–water partition coefficient (Wildman–Crippen LogP) is 1.42. The van der Waals surface area contributed by atoms with Crippen molar-refractivity contribution in [2.45, 2.75) is 32.7 Å². The van der Waals surface area contributed by atoms with Crippen LogP contribution >= 0.6 is 0 Å². The second-order valence-electron chi connectivity index (χ2n) is 6.79. The Balaban J connectivity index is 1.74. The molecule has 9 heteroatoms. The summed E-state index contributed by atoms with van der Waals surface area (Å²) >= 11 is 0. The zero-order valence-corrected chi connectivity index (χ0v) is 16.4. The topological polar surface area (TPSA) is 84.2 Å². The van der Waals surface area contributed by atoms with Gasteiger partial charge in [-0.1, -0.05) is 0 Å². The first-order valence-corrected chi connectivity index (χ1v) is 10.3. The monoisotopic (exact) mass is 378 g/mol. The fraction of sp³-hybridized carbons (Fsp3) is 0.588. The van der Waals surface area contributed by atoms with Crippen molar-refractivity contribution in [1.29, 1.82) is 0 Å². The molecule has 0 N–H and O–H groups in total. The van der Waals surface area contributed by atoms with Gasteiger partial charge in [-0.2, -0.15) is 22.1 Å². The van der Waals surface area contributed by atoms with Crippen molar-refractivity contribution in [1.82, 2.24) is 28.4 Å². The summed E-state index contributed by atoms with van der Waals surface area (Å²) in [4.78, 5) is 9.07. The van der Waals surface area contributed by atoms with Crippen molar-refractivity contribution < 1.29 is 8.42 Å². The summed E-state index contributed by atoms with van der Waals surface area (Å²) < 4.78 is 29.5. The summed E-state index contributed by atoms with van der Waals surface area (Å²) in [6.07, 6.45) is 7.87. The highest BCUT2D eigenvalue weighted by Gasteiger charge is 2.30. The van der Waals surface area contributed by atoms with Gasteiger partial charge in [-0.3, -0.25) is 9.67 Å². The summed E-state index contributed by atoms with van der Waals surface area (Å²) in [5, 5.41) is 4.28. The maximum atomic E-state index is 12.4. The first-order chi connectivity index (χ1) is 12.4. The second-order valence-corrected chi connectivity index (χ2v) is 8.93. The van der Waals surface area contributed by atoms with Crippen LogP contribution in [0.15, 0.2) is 24.7 Å². The predicted molar refractivity (Wildman–Crippen MR) is 99.5 cm³/mol. The van der Waals surface area contributed by atoms with E-state index >= 15 is 0 Å². The highest BCUT2D eigenvalue weighted by Crippen LogP contribution is 2.24. The van der Waals surface area contributed by atoms with Crippen LogP contribution in [0.3, 0.4) is 0 Å². The summed E-state index contributed by atoms with van der Waals surface area (Å²) in [5.74, 6) is 0.249. The lowest BCUT2D eigenvalue weighted by molar-refractivity contribution is 0.253. The number of nitrogens with zero attached hydrogens (tertiary/aromatic N) is 6. The molecule has 3 heterocycles. The molecule has 1 aliphatic rings. The van der Waals surface area contributed by atoms with Crippen molar-refractivity contribution >= 4 is 10.2 Å². The second kappa shape index (κ2) is 7.81. The van der Waals surface area contributed by atoms with Gasteiger partial charge in [-0.05, 0) is 38.2 Å². The van der Waals surface area contributed by atoms with Gasteiger partial charge in [0.2, 0.25) is 0 Å². The molecule has 142 valence electrons. The number of rotatable bonds is 6. The molecule has 1 atom stereocenters. The van der Waals surface area contributed by atoms with E-state index in [1.54, 1.807) is 37.0 Å². The summed E-state index contributed by atoms with van der Waals surface area (Å²) in [7, 11) is -0.210. The van der Waals surface area contributed by atoms with E-state index in [4.69, 9.17) is 4.98 Å². The largest absolute Gasteiger partial charge is 0.281 e. The van der Waals surface area contributed by atoms with Crippen LogP contribution < -0.4 is 0 Å². The maximum Gasteiger partial charge on any atom is 0.281 e.